The number of carbonyl (C=O) groups excluding carboxylic acids is 1. The van der Waals surface area contributed by atoms with Gasteiger partial charge in [0.25, 0.3) is 0 Å². The van der Waals surface area contributed by atoms with Crippen molar-refractivity contribution >= 4 is 5.91 Å². The summed E-state index contributed by atoms with van der Waals surface area (Å²) >= 11 is 0. The lowest BCUT2D eigenvalue weighted by atomic mass is 9.99. The van der Waals surface area contributed by atoms with E-state index in [1.165, 1.54) is 0 Å². The normalized spacial score (nSPS) is 24.1. The van der Waals surface area contributed by atoms with Crippen LogP contribution in [0.2, 0.25) is 0 Å². The van der Waals surface area contributed by atoms with Crippen molar-refractivity contribution in [3.8, 4) is 0 Å². The van der Waals surface area contributed by atoms with E-state index in [0.29, 0.717) is 6.04 Å². The zero-order valence-electron chi connectivity index (χ0n) is 12.1. The highest BCUT2D eigenvalue weighted by molar-refractivity contribution is 5.82. The quantitative estimate of drug-likeness (QED) is 0.781. The molecule has 1 atom stereocenters. The van der Waals surface area contributed by atoms with Crippen molar-refractivity contribution in [3.63, 3.8) is 0 Å². The van der Waals surface area contributed by atoms with Crippen LogP contribution in [0, 0.1) is 0 Å². The molecule has 1 amide bonds. The van der Waals surface area contributed by atoms with E-state index < -0.39 is 0 Å². The van der Waals surface area contributed by atoms with Crippen molar-refractivity contribution in [1.29, 1.82) is 0 Å². The summed E-state index contributed by atoms with van der Waals surface area (Å²) in [5, 5.41) is 2.79. The third-order valence-electron chi connectivity index (χ3n) is 3.55. The standard InChI is InChI=1S/C13H27N3O/c1-10(2)15-7-8-16(13(3,4)5)11(9-15)12(17)14-6/h10-11H,7-9H2,1-6H3,(H,14,17). The van der Waals surface area contributed by atoms with E-state index >= 15 is 0 Å². The van der Waals surface area contributed by atoms with Gasteiger partial charge in [-0.1, -0.05) is 0 Å². The van der Waals surface area contributed by atoms with Gasteiger partial charge in [-0.05, 0) is 34.6 Å². The van der Waals surface area contributed by atoms with E-state index in [9.17, 15) is 4.79 Å². The molecule has 1 rings (SSSR count). The Morgan fingerprint density at radius 3 is 2.29 bits per heavy atom. The van der Waals surface area contributed by atoms with Crippen LogP contribution in [0.3, 0.4) is 0 Å². The number of nitrogens with zero attached hydrogens (tertiary/aromatic N) is 2. The highest BCUT2D eigenvalue weighted by Crippen LogP contribution is 2.22. The van der Waals surface area contributed by atoms with Crippen LogP contribution >= 0.6 is 0 Å². The summed E-state index contributed by atoms with van der Waals surface area (Å²) in [5.74, 6) is 0.130. The van der Waals surface area contributed by atoms with Crippen LogP contribution in [-0.4, -0.2) is 60.0 Å². The van der Waals surface area contributed by atoms with Gasteiger partial charge in [-0.15, -0.1) is 0 Å². The van der Waals surface area contributed by atoms with E-state index in [1.54, 1.807) is 7.05 Å². The Morgan fingerprint density at radius 1 is 1.29 bits per heavy atom. The molecule has 4 nitrogen and oxygen atoms in total. The van der Waals surface area contributed by atoms with Crippen molar-refractivity contribution in [3.05, 3.63) is 0 Å². The number of rotatable bonds is 2. The topological polar surface area (TPSA) is 35.6 Å². The molecule has 1 aliphatic rings. The molecule has 1 heterocycles. The second-order valence-electron chi connectivity index (χ2n) is 6.08. The second-order valence-corrected chi connectivity index (χ2v) is 6.08. The molecular weight excluding hydrogens is 214 g/mol. The third kappa shape index (κ3) is 3.42. The number of nitrogens with one attached hydrogen (secondary N) is 1. The average Bonchev–Trinajstić information content (AvgIpc) is 2.25. The summed E-state index contributed by atoms with van der Waals surface area (Å²) in [5.41, 5.74) is 0.0419. The predicted molar refractivity (Wildman–Crippen MR) is 71.0 cm³/mol. The van der Waals surface area contributed by atoms with Crippen LogP contribution in [0.25, 0.3) is 0 Å². The maximum atomic E-state index is 12.0. The van der Waals surface area contributed by atoms with Crippen molar-refractivity contribution in [2.24, 2.45) is 0 Å². The fourth-order valence-corrected chi connectivity index (χ4v) is 2.47. The van der Waals surface area contributed by atoms with Gasteiger partial charge in [-0.3, -0.25) is 14.6 Å². The van der Waals surface area contributed by atoms with Gasteiger partial charge in [0.15, 0.2) is 0 Å². The number of amides is 1. The monoisotopic (exact) mass is 241 g/mol. The first-order valence-electron chi connectivity index (χ1n) is 6.49. The Kier molecular flexibility index (Phi) is 4.55. The molecule has 0 aromatic rings. The number of piperazine rings is 1. The summed E-state index contributed by atoms with van der Waals surface area (Å²) in [4.78, 5) is 16.7. The van der Waals surface area contributed by atoms with Gasteiger partial charge in [0.1, 0.15) is 6.04 Å². The number of hydrogen-bond donors (Lipinski definition) is 1. The molecule has 0 bridgehead atoms. The summed E-state index contributed by atoms with van der Waals surface area (Å²) < 4.78 is 0. The lowest BCUT2D eigenvalue weighted by molar-refractivity contribution is -0.132. The summed E-state index contributed by atoms with van der Waals surface area (Å²) in [6.45, 7) is 13.7. The van der Waals surface area contributed by atoms with Gasteiger partial charge in [-0.25, -0.2) is 0 Å². The van der Waals surface area contributed by atoms with Crippen molar-refractivity contribution in [2.45, 2.75) is 52.2 Å². The molecule has 0 aromatic carbocycles. The maximum absolute atomic E-state index is 12.0. The minimum absolute atomic E-state index is 0.0313. The Balaban J connectivity index is 2.83. The molecule has 0 aromatic heterocycles. The van der Waals surface area contributed by atoms with E-state index in [1.807, 2.05) is 0 Å². The van der Waals surface area contributed by atoms with Gasteiger partial charge in [0.05, 0.1) is 0 Å². The van der Waals surface area contributed by atoms with Gasteiger partial charge in [0.2, 0.25) is 5.91 Å². The van der Waals surface area contributed by atoms with Crippen LogP contribution in [0.4, 0.5) is 0 Å². The molecule has 0 saturated carbocycles. The fourth-order valence-electron chi connectivity index (χ4n) is 2.47. The summed E-state index contributed by atoms with van der Waals surface area (Å²) in [6, 6.07) is 0.473. The molecule has 1 aliphatic heterocycles. The largest absolute Gasteiger partial charge is 0.358 e. The molecule has 17 heavy (non-hydrogen) atoms. The minimum Gasteiger partial charge on any atom is -0.358 e. The van der Waals surface area contributed by atoms with Crippen LogP contribution in [0.1, 0.15) is 34.6 Å². The first-order chi connectivity index (χ1) is 7.77. The average molecular weight is 241 g/mol. The second kappa shape index (κ2) is 5.36. The molecule has 1 N–H and O–H groups in total. The number of carbonyl (C=O) groups is 1. The molecule has 0 spiro atoms. The van der Waals surface area contributed by atoms with Crippen molar-refractivity contribution < 1.29 is 4.79 Å². The molecule has 100 valence electrons. The van der Waals surface area contributed by atoms with Crippen molar-refractivity contribution in [1.82, 2.24) is 15.1 Å². The third-order valence-corrected chi connectivity index (χ3v) is 3.55. The first-order valence-corrected chi connectivity index (χ1v) is 6.49. The SMILES string of the molecule is CNC(=O)C1CN(C(C)C)CCN1C(C)(C)C. The molecular formula is C13H27N3O. The Morgan fingerprint density at radius 2 is 1.88 bits per heavy atom. The number of hydrogen-bond acceptors (Lipinski definition) is 3. The van der Waals surface area contributed by atoms with Gasteiger partial charge >= 0.3 is 0 Å². The fraction of sp³-hybridized carbons (Fsp3) is 0.923. The molecule has 0 aliphatic carbocycles. The van der Waals surface area contributed by atoms with Crippen LogP contribution < -0.4 is 5.32 Å². The van der Waals surface area contributed by atoms with Crippen LogP contribution in [0.15, 0.2) is 0 Å². The van der Waals surface area contributed by atoms with Crippen LogP contribution in [0.5, 0.6) is 0 Å². The molecule has 1 fully saturated rings. The van der Waals surface area contributed by atoms with Crippen LogP contribution in [-0.2, 0) is 4.79 Å². The predicted octanol–water partition coefficient (Wildman–Crippen LogP) is 0.926. The lowest BCUT2D eigenvalue weighted by Gasteiger charge is -2.48. The van der Waals surface area contributed by atoms with Gasteiger partial charge < -0.3 is 5.32 Å². The van der Waals surface area contributed by atoms with E-state index in [-0.39, 0.29) is 17.5 Å². The highest BCUT2D eigenvalue weighted by Gasteiger charge is 2.38. The Hall–Kier alpha value is -0.610. The van der Waals surface area contributed by atoms with Gasteiger partial charge in [0, 0.05) is 38.3 Å². The Bertz CT molecular complexity index is 270. The Labute approximate surface area is 105 Å². The summed E-state index contributed by atoms with van der Waals surface area (Å²) in [7, 11) is 1.72. The van der Waals surface area contributed by atoms with Gasteiger partial charge in [-0.2, -0.15) is 0 Å². The number of likely N-dealkylation sites (N-methyl/N-ethyl adjacent to an activating group) is 1. The van der Waals surface area contributed by atoms with Crippen molar-refractivity contribution in [2.75, 3.05) is 26.7 Å². The van der Waals surface area contributed by atoms with E-state index in [2.05, 4.69) is 49.7 Å². The molecule has 1 saturated heterocycles. The highest BCUT2D eigenvalue weighted by atomic mass is 16.2. The zero-order valence-corrected chi connectivity index (χ0v) is 12.1. The van der Waals surface area contributed by atoms with E-state index in [4.69, 9.17) is 0 Å². The molecule has 1 unspecified atom stereocenters. The summed E-state index contributed by atoms with van der Waals surface area (Å²) in [6.07, 6.45) is 0. The minimum atomic E-state index is -0.0313. The molecule has 0 radical (unpaired) electrons. The molecule has 4 heteroatoms. The smallest absolute Gasteiger partial charge is 0.238 e. The first kappa shape index (κ1) is 14.5. The maximum Gasteiger partial charge on any atom is 0.238 e. The zero-order chi connectivity index (χ0) is 13.2. The lowest BCUT2D eigenvalue weighted by Crippen LogP contribution is -2.64. The van der Waals surface area contributed by atoms with E-state index in [0.717, 1.165) is 19.6 Å².